The van der Waals surface area contributed by atoms with Crippen LogP contribution in [-0.2, 0) is 4.79 Å². The van der Waals surface area contributed by atoms with Gasteiger partial charge in [-0.15, -0.1) is 0 Å². The summed E-state index contributed by atoms with van der Waals surface area (Å²) in [6.07, 6.45) is 1.54. The fraction of sp³-hybridized carbons (Fsp3) is 0.500. The molecule has 0 heterocycles. The van der Waals surface area contributed by atoms with Crippen LogP contribution in [0.2, 0.25) is 0 Å². The first-order valence-corrected chi connectivity index (χ1v) is 3.42. The third kappa shape index (κ3) is 7.23. The average Bonchev–Trinajstić information content (AvgIpc) is 1.87. The number of amides is 1. The lowest BCUT2D eigenvalue weighted by molar-refractivity contribution is -0.118. The van der Waals surface area contributed by atoms with Crippen LogP contribution in [0.15, 0.2) is 4.99 Å². The van der Waals surface area contributed by atoms with Gasteiger partial charge in [-0.2, -0.15) is 0 Å². The van der Waals surface area contributed by atoms with E-state index in [4.69, 9.17) is 0 Å². The molecule has 1 amide bonds. The number of nitrogens with one attached hydrogen (secondary N) is 1. The maximum absolute atomic E-state index is 10.3. The highest BCUT2D eigenvalue weighted by Gasteiger charge is 1.85. The highest BCUT2D eigenvalue weighted by Crippen LogP contribution is 1.65. The van der Waals surface area contributed by atoms with Crippen LogP contribution >= 0.6 is 12.2 Å². The van der Waals surface area contributed by atoms with Crippen LogP contribution in [-0.4, -0.2) is 30.6 Å². The summed E-state index contributed by atoms with van der Waals surface area (Å²) < 4.78 is 0. The first-order chi connectivity index (χ1) is 4.77. The summed E-state index contributed by atoms with van der Waals surface area (Å²) in [7, 11) is 0. The van der Waals surface area contributed by atoms with E-state index in [0.29, 0.717) is 13.1 Å². The van der Waals surface area contributed by atoms with Crippen molar-refractivity contribution in [2.75, 3.05) is 13.1 Å². The van der Waals surface area contributed by atoms with Gasteiger partial charge in [0.25, 0.3) is 0 Å². The van der Waals surface area contributed by atoms with Crippen molar-refractivity contribution >= 4 is 29.7 Å². The van der Waals surface area contributed by atoms with E-state index < -0.39 is 0 Å². The summed E-state index contributed by atoms with van der Waals surface area (Å²) in [5, 5.41) is 4.04. The van der Waals surface area contributed by atoms with Crippen LogP contribution in [0.3, 0.4) is 0 Å². The molecule has 0 radical (unpaired) electrons. The molecule has 10 heavy (non-hydrogen) atoms. The Labute approximate surface area is 65.5 Å². The topological polar surface area (TPSA) is 41.5 Å². The van der Waals surface area contributed by atoms with E-state index >= 15 is 0 Å². The maximum Gasteiger partial charge on any atom is 0.216 e. The second-order valence-electron chi connectivity index (χ2n) is 1.67. The molecule has 0 aromatic heterocycles. The third-order valence-electron chi connectivity index (χ3n) is 0.781. The minimum atomic E-state index is -0.0300. The van der Waals surface area contributed by atoms with Crippen molar-refractivity contribution in [3.05, 3.63) is 0 Å². The molecule has 0 aromatic rings. The van der Waals surface area contributed by atoms with Gasteiger partial charge in [0.15, 0.2) is 0 Å². The Kier molecular flexibility index (Phi) is 5.86. The van der Waals surface area contributed by atoms with Gasteiger partial charge in [-0.25, -0.2) is 0 Å². The number of thiocarbonyl (C=S) groups is 1. The molecule has 0 unspecified atom stereocenters. The summed E-state index contributed by atoms with van der Waals surface area (Å²) in [5.74, 6) is -0.0300. The van der Waals surface area contributed by atoms with Crippen molar-refractivity contribution in [3.8, 4) is 0 Å². The number of nitrogens with zero attached hydrogens (tertiary/aromatic N) is 1. The molecule has 0 rings (SSSR count). The molecule has 0 spiro atoms. The zero-order valence-corrected chi connectivity index (χ0v) is 6.65. The molecule has 0 atom stereocenters. The van der Waals surface area contributed by atoms with E-state index in [0.717, 1.165) is 0 Å². The largest absolute Gasteiger partial charge is 0.354 e. The Morgan fingerprint density at radius 1 is 1.80 bits per heavy atom. The first kappa shape index (κ1) is 9.23. The van der Waals surface area contributed by atoms with Crippen molar-refractivity contribution in [1.82, 2.24) is 5.32 Å². The van der Waals surface area contributed by atoms with Gasteiger partial charge < -0.3 is 5.32 Å². The standard InChI is InChI=1S/C6H10N2OS/c1-6(9)8-3-2-7-4-5-10/h4-5H,2-3H2,1H3,(H,8,9). The Morgan fingerprint density at radius 3 is 3.00 bits per heavy atom. The number of hydrogen-bond acceptors (Lipinski definition) is 3. The minimum Gasteiger partial charge on any atom is -0.354 e. The van der Waals surface area contributed by atoms with Gasteiger partial charge >= 0.3 is 0 Å². The lowest BCUT2D eigenvalue weighted by Crippen LogP contribution is -2.22. The SMILES string of the molecule is CC(=O)NCCN=CC=S. The van der Waals surface area contributed by atoms with Gasteiger partial charge in [0.2, 0.25) is 5.91 Å². The van der Waals surface area contributed by atoms with Crippen LogP contribution in [0.25, 0.3) is 0 Å². The Hall–Kier alpha value is -0.770. The molecule has 0 fully saturated rings. The Balaban J connectivity index is 3.12. The molecule has 0 saturated carbocycles. The lowest BCUT2D eigenvalue weighted by Gasteiger charge is -1.95. The van der Waals surface area contributed by atoms with Crippen LogP contribution in [0.5, 0.6) is 0 Å². The van der Waals surface area contributed by atoms with E-state index in [-0.39, 0.29) is 5.91 Å². The molecule has 0 saturated heterocycles. The van der Waals surface area contributed by atoms with Crippen molar-refractivity contribution in [1.29, 1.82) is 0 Å². The fourth-order valence-electron chi connectivity index (χ4n) is 0.414. The highest BCUT2D eigenvalue weighted by molar-refractivity contribution is 7.80. The zero-order chi connectivity index (χ0) is 7.82. The van der Waals surface area contributed by atoms with E-state index in [1.165, 1.54) is 18.5 Å². The van der Waals surface area contributed by atoms with Crippen LogP contribution < -0.4 is 5.32 Å². The van der Waals surface area contributed by atoms with Crippen molar-refractivity contribution in [2.45, 2.75) is 6.92 Å². The quantitative estimate of drug-likeness (QED) is 0.360. The Morgan fingerprint density at radius 2 is 2.50 bits per heavy atom. The average molecular weight is 158 g/mol. The Bertz CT molecular complexity index is 145. The van der Waals surface area contributed by atoms with Gasteiger partial charge in [0.05, 0.1) is 6.54 Å². The predicted molar refractivity (Wildman–Crippen MR) is 45.7 cm³/mol. The molecule has 4 heteroatoms. The van der Waals surface area contributed by atoms with Crippen LogP contribution in [0.4, 0.5) is 0 Å². The first-order valence-electron chi connectivity index (χ1n) is 2.95. The molecule has 0 aromatic carbocycles. The zero-order valence-electron chi connectivity index (χ0n) is 5.83. The van der Waals surface area contributed by atoms with E-state index in [1.54, 1.807) is 0 Å². The summed E-state index contributed by atoms with van der Waals surface area (Å²) in [4.78, 5) is 14.1. The third-order valence-corrected chi connectivity index (χ3v) is 0.903. The second-order valence-corrected chi connectivity index (χ2v) is 1.95. The maximum atomic E-state index is 10.3. The number of hydrogen-bond donors (Lipinski definition) is 1. The van der Waals surface area contributed by atoms with Gasteiger partial charge in [-0.1, -0.05) is 12.2 Å². The van der Waals surface area contributed by atoms with E-state index in [2.05, 4.69) is 22.5 Å². The van der Waals surface area contributed by atoms with Gasteiger partial charge in [0.1, 0.15) is 0 Å². The van der Waals surface area contributed by atoms with Crippen LogP contribution in [0.1, 0.15) is 6.92 Å². The number of carbonyl (C=O) groups is 1. The number of aliphatic imine (C=N–C) groups is 1. The number of rotatable bonds is 4. The van der Waals surface area contributed by atoms with Crippen LogP contribution in [0, 0.1) is 0 Å². The fourth-order valence-corrected chi connectivity index (χ4v) is 0.500. The minimum absolute atomic E-state index is 0.0300. The molecule has 3 nitrogen and oxygen atoms in total. The molecule has 0 bridgehead atoms. The highest BCUT2D eigenvalue weighted by atomic mass is 32.1. The summed E-state index contributed by atoms with van der Waals surface area (Å²) in [6.45, 7) is 2.64. The van der Waals surface area contributed by atoms with E-state index in [1.807, 2.05) is 0 Å². The van der Waals surface area contributed by atoms with E-state index in [9.17, 15) is 4.79 Å². The molecule has 56 valence electrons. The molecule has 0 aliphatic heterocycles. The van der Waals surface area contributed by atoms with Gasteiger partial charge in [-0.3, -0.25) is 9.79 Å². The molecular weight excluding hydrogens is 148 g/mol. The number of carbonyl (C=O) groups excluding carboxylic acids is 1. The van der Waals surface area contributed by atoms with Gasteiger partial charge in [0, 0.05) is 25.1 Å². The molecular formula is C6H10N2OS. The summed E-state index contributed by atoms with van der Waals surface area (Å²) >= 11 is 4.49. The normalized spacial score (nSPS) is 9.70. The van der Waals surface area contributed by atoms with Crippen molar-refractivity contribution < 1.29 is 4.79 Å². The summed E-state index contributed by atoms with van der Waals surface area (Å²) in [6, 6.07) is 0. The monoisotopic (exact) mass is 158 g/mol. The second kappa shape index (κ2) is 6.35. The summed E-state index contributed by atoms with van der Waals surface area (Å²) in [5.41, 5.74) is 0. The molecule has 0 aliphatic carbocycles. The van der Waals surface area contributed by atoms with Crippen molar-refractivity contribution in [2.24, 2.45) is 4.99 Å². The predicted octanol–water partition coefficient (Wildman–Crippen LogP) is 0.193. The lowest BCUT2D eigenvalue weighted by atomic mass is 10.6. The van der Waals surface area contributed by atoms with Gasteiger partial charge in [-0.05, 0) is 0 Å². The smallest absolute Gasteiger partial charge is 0.216 e. The molecule has 0 aliphatic rings. The molecule has 1 N–H and O–H groups in total. The van der Waals surface area contributed by atoms with Crippen molar-refractivity contribution in [3.63, 3.8) is 0 Å².